The van der Waals surface area contributed by atoms with E-state index in [0.717, 1.165) is 11.5 Å². The van der Waals surface area contributed by atoms with Crippen LogP contribution in [0.5, 0.6) is 23.0 Å². The van der Waals surface area contributed by atoms with Crippen molar-refractivity contribution < 1.29 is 32.5 Å². The predicted molar refractivity (Wildman–Crippen MR) is 111 cm³/mol. The third-order valence-electron chi connectivity index (χ3n) is 4.61. The van der Waals surface area contributed by atoms with Gasteiger partial charge in [-0.05, 0) is 53.4 Å². The maximum atomic E-state index is 13.8. The van der Waals surface area contributed by atoms with E-state index in [1.165, 1.54) is 30.3 Å². The maximum absolute atomic E-state index is 13.8. The lowest BCUT2D eigenvalue weighted by molar-refractivity contribution is -0.138. The zero-order valence-electron chi connectivity index (χ0n) is 16.5. The summed E-state index contributed by atoms with van der Waals surface area (Å²) in [4.78, 5) is 14.9. The highest BCUT2D eigenvalue weighted by molar-refractivity contribution is 5.87. The van der Waals surface area contributed by atoms with Crippen LogP contribution in [0.25, 0.3) is 10.8 Å². The molecule has 0 aliphatic carbocycles. The van der Waals surface area contributed by atoms with Gasteiger partial charge in [0.2, 0.25) is 0 Å². The second-order valence-electron chi connectivity index (χ2n) is 6.93. The molecule has 0 unspecified atom stereocenters. The highest BCUT2D eigenvalue weighted by Gasteiger charge is 2.35. The molecule has 1 heterocycles. The molecule has 32 heavy (non-hydrogen) atoms. The van der Waals surface area contributed by atoms with Crippen molar-refractivity contribution in [3.05, 3.63) is 90.3 Å². The minimum Gasteiger partial charge on any atom is -0.481 e. The molecule has 8 heteroatoms. The molecule has 0 spiro atoms. The molecule has 3 aromatic carbocycles. The second-order valence-corrected chi connectivity index (χ2v) is 6.93. The van der Waals surface area contributed by atoms with Gasteiger partial charge in [0.1, 0.15) is 28.6 Å². The van der Waals surface area contributed by atoms with E-state index in [9.17, 15) is 18.0 Å². The van der Waals surface area contributed by atoms with Crippen molar-refractivity contribution in [1.82, 2.24) is 4.98 Å². The number of halogens is 3. The van der Waals surface area contributed by atoms with Crippen LogP contribution in [0, 0.1) is 0 Å². The molecule has 1 aromatic heterocycles. The van der Waals surface area contributed by atoms with Crippen molar-refractivity contribution in [2.75, 3.05) is 0 Å². The summed E-state index contributed by atoms with van der Waals surface area (Å²) in [5, 5.41) is 10.4. The smallest absolute Gasteiger partial charge is 0.420 e. The summed E-state index contributed by atoms with van der Waals surface area (Å²) in [6, 6.07) is 16.4. The summed E-state index contributed by atoms with van der Waals surface area (Å²) in [6.07, 6.45) is -1.77. The molecule has 162 valence electrons. The third kappa shape index (κ3) is 4.80. The van der Waals surface area contributed by atoms with Crippen LogP contribution in [0.2, 0.25) is 0 Å². The highest BCUT2D eigenvalue weighted by atomic mass is 19.4. The molecule has 4 aromatic rings. The van der Waals surface area contributed by atoms with Gasteiger partial charge in [-0.2, -0.15) is 13.2 Å². The molecule has 0 amide bonds. The quantitative estimate of drug-likeness (QED) is 0.373. The Balaban J connectivity index is 1.66. The molecular formula is C24H16F3NO4. The topological polar surface area (TPSA) is 68.7 Å². The fraction of sp³-hybridized carbons (Fsp3) is 0.0833. The van der Waals surface area contributed by atoms with Gasteiger partial charge < -0.3 is 14.6 Å². The summed E-state index contributed by atoms with van der Waals surface area (Å²) in [5.41, 5.74) is -0.606. The van der Waals surface area contributed by atoms with Crippen molar-refractivity contribution in [3.63, 3.8) is 0 Å². The molecule has 0 atom stereocenters. The first-order valence-electron chi connectivity index (χ1n) is 9.50. The molecule has 0 fully saturated rings. The van der Waals surface area contributed by atoms with Crippen molar-refractivity contribution in [3.8, 4) is 23.0 Å². The number of pyridine rings is 1. The van der Waals surface area contributed by atoms with Crippen LogP contribution in [0.15, 0.2) is 79.1 Å². The first kappa shape index (κ1) is 21.2. The van der Waals surface area contributed by atoms with Crippen molar-refractivity contribution in [2.45, 2.75) is 12.6 Å². The Morgan fingerprint density at radius 2 is 1.66 bits per heavy atom. The van der Waals surface area contributed by atoms with Crippen molar-refractivity contribution >= 4 is 16.7 Å². The number of ether oxygens (including phenoxy) is 2. The largest absolute Gasteiger partial charge is 0.481 e. The van der Waals surface area contributed by atoms with Crippen LogP contribution in [0.1, 0.15) is 11.1 Å². The average Bonchev–Trinajstić information content (AvgIpc) is 2.74. The van der Waals surface area contributed by atoms with Crippen LogP contribution in [0.3, 0.4) is 0 Å². The van der Waals surface area contributed by atoms with Crippen LogP contribution in [-0.2, 0) is 17.4 Å². The Bertz CT molecular complexity index is 1280. The number of benzene rings is 3. The Labute approximate surface area is 180 Å². The maximum Gasteiger partial charge on any atom is 0.420 e. The van der Waals surface area contributed by atoms with Crippen LogP contribution >= 0.6 is 0 Å². The number of hydrogen-bond donors (Lipinski definition) is 1. The van der Waals surface area contributed by atoms with Gasteiger partial charge >= 0.3 is 12.1 Å². The summed E-state index contributed by atoms with van der Waals surface area (Å²) in [5.74, 6) is -1.01. The lowest BCUT2D eigenvalue weighted by Gasteiger charge is -2.16. The summed E-state index contributed by atoms with van der Waals surface area (Å²) < 4.78 is 52.4. The van der Waals surface area contributed by atoms with E-state index >= 15 is 0 Å². The molecule has 5 nitrogen and oxygen atoms in total. The number of nitrogens with zero attached hydrogens (tertiary/aromatic N) is 1. The lowest BCUT2D eigenvalue weighted by atomic mass is 10.1. The number of carboxylic acid groups (broad SMARTS) is 1. The monoisotopic (exact) mass is 439 g/mol. The summed E-state index contributed by atoms with van der Waals surface area (Å²) in [6.45, 7) is 0. The number of rotatable bonds is 6. The number of fused-ring (bicyclic) bond motifs is 1. The molecular weight excluding hydrogens is 423 g/mol. The van der Waals surface area contributed by atoms with Crippen molar-refractivity contribution in [2.24, 2.45) is 0 Å². The van der Waals surface area contributed by atoms with E-state index in [1.807, 2.05) is 6.07 Å². The van der Waals surface area contributed by atoms with Crippen LogP contribution < -0.4 is 9.47 Å². The number of aromatic nitrogens is 1. The Kier molecular flexibility index (Phi) is 5.68. The molecule has 0 aliphatic heterocycles. The zero-order valence-corrected chi connectivity index (χ0v) is 16.5. The predicted octanol–water partition coefficient (Wildman–Crippen LogP) is 6.47. The van der Waals surface area contributed by atoms with Crippen molar-refractivity contribution in [1.29, 1.82) is 0 Å². The number of carboxylic acids is 1. The Hall–Kier alpha value is -4.07. The molecule has 0 saturated heterocycles. The number of aliphatic carboxylic acids is 1. The van der Waals surface area contributed by atoms with Gasteiger partial charge in [0.05, 0.1) is 6.42 Å². The van der Waals surface area contributed by atoms with Gasteiger partial charge in [-0.1, -0.05) is 24.3 Å². The Morgan fingerprint density at radius 1 is 0.906 bits per heavy atom. The summed E-state index contributed by atoms with van der Waals surface area (Å²) >= 11 is 0. The van der Waals surface area contributed by atoms with Gasteiger partial charge in [-0.15, -0.1) is 0 Å². The van der Waals surface area contributed by atoms with E-state index in [-0.39, 0.29) is 17.9 Å². The van der Waals surface area contributed by atoms with E-state index in [1.54, 1.807) is 36.7 Å². The van der Waals surface area contributed by atoms with E-state index < -0.39 is 23.5 Å². The first-order valence-corrected chi connectivity index (χ1v) is 9.50. The fourth-order valence-electron chi connectivity index (χ4n) is 3.20. The average molecular weight is 439 g/mol. The van der Waals surface area contributed by atoms with Gasteiger partial charge in [0.15, 0.2) is 0 Å². The fourth-order valence-corrected chi connectivity index (χ4v) is 3.20. The highest BCUT2D eigenvalue weighted by Crippen LogP contribution is 2.41. The van der Waals surface area contributed by atoms with Crippen LogP contribution in [0.4, 0.5) is 13.2 Å². The molecule has 0 saturated carbocycles. The van der Waals surface area contributed by atoms with Gasteiger partial charge in [0.25, 0.3) is 0 Å². The van der Waals surface area contributed by atoms with E-state index in [4.69, 9.17) is 14.6 Å². The number of alkyl halides is 3. The summed E-state index contributed by atoms with van der Waals surface area (Å²) in [7, 11) is 0. The lowest BCUT2D eigenvalue weighted by Crippen LogP contribution is -2.07. The van der Waals surface area contributed by atoms with Gasteiger partial charge in [-0.3, -0.25) is 9.78 Å². The number of hydrogen-bond acceptors (Lipinski definition) is 4. The van der Waals surface area contributed by atoms with Crippen LogP contribution in [-0.4, -0.2) is 16.1 Å². The normalized spacial score (nSPS) is 11.3. The first-order chi connectivity index (χ1) is 15.3. The van der Waals surface area contributed by atoms with Gasteiger partial charge in [-0.25, -0.2) is 0 Å². The Morgan fingerprint density at radius 3 is 2.44 bits per heavy atom. The number of carbonyl (C=O) groups is 1. The zero-order chi connectivity index (χ0) is 22.7. The molecule has 1 N–H and O–H groups in total. The third-order valence-corrected chi connectivity index (χ3v) is 4.61. The van der Waals surface area contributed by atoms with Gasteiger partial charge in [0, 0.05) is 17.8 Å². The molecule has 0 radical (unpaired) electrons. The molecule has 0 aliphatic rings. The molecule has 0 bridgehead atoms. The second kappa shape index (κ2) is 8.58. The standard InChI is InChI=1S/C24H16F3NO4/c25-24(26,27)20-13-18(31-21-6-2-4-16-9-10-28-14-19(16)21)7-8-22(20)32-17-5-1-3-15(11-17)12-23(29)30/h1-11,13-14H,12H2,(H,29,30). The molecule has 4 rings (SSSR count). The van der Waals surface area contributed by atoms with E-state index in [0.29, 0.717) is 16.7 Å². The minimum atomic E-state index is -4.70. The SMILES string of the molecule is O=C(O)Cc1cccc(Oc2ccc(Oc3cccc4ccncc34)cc2C(F)(F)F)c1. The minimum absolute atomic E-state index is 0.0133. The van der Waals surface area contributed by atoms with E-state index in [2.05, 4.69) is 4.98 Å².